The molecule has 1 aromatic carbocycles. The maximum Gasteiger partial charge on any atom is 0.0402 e. The van der Waals surface area contributed by atoms with E-state index in [1.807, 2.05) is 0 Å². The van der Waals surface area contributed by atoms with E-state index in [-0.39, 0.29) is 5.54 Å². The third-order valence-corrected chi connectivity index (χ3v) is 3.43. The molecular formula is C11H14BrN. The average molecular weight is 240 g/mol. The Kier molecular flexibility index (Phi) is 1.91. The van der Waals surface area contributed by atoms with Crippen molar-refractivity contribution >= 4 is 21.6 Å². The normalized spacial score (nSPS) is 18.9. The zero-order valence-electron chi connectivity index (χ0n) is 8.26. The van der Waals surface area contributed by atoms with Crippen LogP contribution in [0.15, 0.2) is 22.7 Å². The molecule has 0 N–H and O–H groups in total. The highest BCUT2D eigenvalue weighted by Crippen LogP contribution is 2.38. The number of likely N-dealkylation sites (N-methyl/N-ethyl adjacent to an activating group) is 1. The van der Waals surface area contributed by atoms with E-state index >= 15 is 0 Å². The summed E-state index contributed by atoms with van der Waals surface area (Å²) in [5.41, 5.74) is 3.08. The van der Waals surface area contributed by atoms with Gasteiger partial charge in [-0.2, -0.15) is 0 Å². The molecule has 0 aromatic heterocycles. The fraction of sp³-hybridized carbons (Fsp3) is 0.455. The predicted molar refractivity (Wildman–Crippen MR) is 60.3 cm³/mol. The second-order valence-corrected chi connectivity index (χ2v) is 5.24. The molecule has 13 heavy (non-hydrogen) atoms. The number of halogens is 1. The number of rotatable bonds is 0. The molecule has 70 valence electrons. The zero-order chi connectivity index (χ0) is 9.64. The van der Waals surface area contributed by atoms with Crippen LogP contribution in [-0.2, 0) is 6.42 Å². The van der Waals surface area contributed by atoms with Crippen molar-refractivity contribution in [3.63, 3.8) is 0 Å². The molecule has 0 unspecified atom stereocenters. The van der Waals surface area contributed by atoms with Crippen molar-refractivity contribution in [3.05, 3.63) is 28.2 Å². The predicted octanol–water partition coefficient (Wildman–Crippen LogP) is 3.22. The number of hydrogen-bond acceptors (Lipinski definition) is 1. The quantitative estimate of drug-likeness (QED) is 0.673. The van der Waals surface area contributed by atoms with Crippen LogP contribution in [0, 0.1) is 0 Å². The minimum atomic E-state index is 0.267. The van der Waals surface area contributed by atoms with E-state index in [1.54, 1.807) is 0 Å². The van der Waals surface area contributed by atoms with Crippen molar-refractivity contribution < 1.29 is 0 Å². The molecule has 1 nitrogen and oxygen atoms in total. The first-order valence-corrected chi connectivity index (χ1v) is 5.32. The summed E-state index contributed by atoms with van der Waals surface area (Å²) in [4.78, 5) is 2.36. The van der Waals surface area contributed by atoms with Crippen LogP contribution in [0.4, 0.5) is 5.69 Å². The van der Waals surface area contributed by atoms with Gasteiger partial charge in [0.1, 0.15) is 0 Å². The van der Waals surface area contributed by atoms with Crippen LogP contribution in [-0.4, -0.2) is 12.6 Å². The highest BCUT2D eigenvalue weighted by Gasteiger charge is 2.32. The molecule has 1 aliphatic heterocycles. The van der Waals surface area contributed by atoms with Gasteiger partial charge in [0, 0.05) is 22.7 Å². The molecule has 0 radical (unpaired) electrons. The van der Waals surface area contributed by atoms with Crippen LogP contribution in [0.25, 0.3) is 0 Å². The maximum absolute atomic E-state index is 3.50. The van der Waals surface area contributed by atoms with Gasteiger partial charge in [0.15, 0.2) is 0 Å². The fourth-order valence-electron chi connectivity index (χ4n) is 1.93. The summed E-state index contributed by atoms with van der Waals surface area (Å²) in [5, 5.41) is 0. The van der Waals surface area contributed by atoms with Crippen molar-refractivity contribution in [2.45, 2.75) is 25.8 Å². The van der Waals surface area contributed by atoms with Gasteiger partial charge in [0.05, 0.1) is 0 Å². The lowest BCUT2D eigenvalue weighted by molar-refractivity contribution is 0.516. The summed E-state index contributed by atoms with van der Waals surface area (Å²) >= 11 is 3.50. The zero-order valence-corrected chi connectivity index (χ0v) is 9.85. The first-order chi connectivity index (χ1) is 6.00. The van der Waals surface area contributed by atoms with Gasteiger partial charge in [-0.05, 0) is 44.0 Å². The van der Waals surface area contributed by atoms with Crippen molar-refractivity contribution in [3.8, 4) is 0 Å². The SMILES string of the molecule is CN1c2ccc(Br)cc2CC1(C)C. The molecule has 0 fully saturated rings. The molecule has 2 rings (SSSR count). The Morgan fingerprint density at radius 3 is 2.77 bits per heavy atom. The van der Waals surface area contributed by atoms with E-state index in [0.717, 1.165) is 6.42 Å². The van der Waals surface area contributed by atoms with Crippen molar-refractivity contribution in [1.29, 1.82) is 0 Å². The van der Waals surface area contributed by atoms with E-state index in [9.17, 15) is 0 Å². The van der Waals surface area contributed by atoms with Gasteiger partial charge < -0.3 is 4.90 Å². The molecular weight excluding hydrogens is 226 g/mol. The second-order valence-electron chi connectivity index (χ2n) is 4.32. The summed E-state index contributed by atoms with van der Waals surface area (Å²) < 4.78 is 1.18. The lowest BCUT2D eigenvalue weighted by Gasteiger charge is -2.29. The van der Waals surface area contributed by atoms with Crippen LogP contribution in [0.5, 0.6) is 0 Å². The van der Waals surface area contributed by atoms with Gasteiger partial charge in [-0.15, -0.1) is 0 Å². The number of fused-ring (bicyclic) bond motifs is 1. The summed E-state index contributed by atoms with van der Waals surface area (Å²) in [5.74, 6) is 0. The Labute approximate surface area is 87.9 Å². The Bertz CT molecular complexity index is 344. The number of nitrogens with zero attached hydrogens (tertiary/aromatic N) is 1. The first-order valence-electron chi connectivity index (χ1n) is 4.53. The van der Waals surface area contributed by atoms with E-state index in [0.29, 0.717) is 0 Å². The van der Waals surface area contributed by atoms with Crippen LogP contribution >= 0.6 is 15.9 Å². The molecule has 0 atom stereocenters. The van der Waals surface area contributed by atoms with Gasteiger partial charge in [0.25, 0.3) is 0 Å². The van der Waals surface area contributed by atoms with E-state index < -0.39 is 0 Å². The first kappa shape index (κ1) is 9.07. The summed E-state index contributed by atoms with van der Waals surface area (Å²) in [7, 11) is 2.17. The largest absolute Gasteiger partial charge is 0.369 e. The fourth-order valence-corrected chi connectivity index (χ4v) is 2.34. The molecule has 1 aromatic rings. The Morgan fingerprint density at radius 2 is 2.08 bits per heavy atom. The van der Waals surface area contributed by atoms with Crippen molar-refractivity contribution in [1.82, 2.24) is 0 Å². The number of anilines is 1. The van der Waals surface area contributed by atoms with E-state index in [4.69, 9.17) is 0 Å². The highest BCUT2D eigenvalue weighted by atomic mass is 79.9. The average Bonchev–Trinajstić information content (AvgIpc) is 2.22. The monoisotopic (exact) mass is 239 g/mol. The molecule has 0 saturated heterocycles. The molecule has 0 saturated carbocycles. The van der Waals surface area contributed by atoms with E-state index in [2.05, 4.69) is 59.9 Å². The minimum absolute atomic E-state index is 0.267. The minimum Gasteiger partial charge on any atom is -0.369 e. The molecule has 0 spiro atoms. The summed E-state index contributed by atoms with van der Waals surface area (Å²) in [6, 6.07) is 6.52. The number of benzene rings is 1. The van der Waals surface area contributed by atoms with Gasteiger partial charge in [-0.25, -0.2) is 0 Å². The lowest BCUT2D eigenvalue weighted by Crippen LogP contribution is -2.37. The van der Waals surface area contributed by atoms with E-state index in [1.165, 1.54) is 15.7 Å². The second kappa shape index (κ2) is 2.74. The van der Waals surface area contributed by atoms with Crippen LogP contribution in [0.1, 0.15) is 19.4 Å². The topological polar surface area (TPSA) is 3.24 Å². The van der Waals surface area contributed by atoms with Crippen LogP contribution in [0.3, 0.4) is 0 Å². The molecule has 2 heteroatoms. The Morgan fingerprint density at radius 1 is 1.38 bits per heavy atom. The molecule has 0 amide bonds. The molecule has 1 heterocycles. The van der Waals surface area contributed by atoms with Crippen LogP contribution < -0.4 is 4.90 Å². The van der Waals surface area contributed by atoms with Crippen molar-refractivity contribution in [2.75, 3.05) is 11.9 Å². The molecule has 0 bridgehead atoms. The van der Waals surface area contributed by atoms with Gasteiger partial charge in [-0.3, -0.25) is 0 Å². The van der Waals surface area contributed by atoms with Crippen molar-refractivity contribution in [2.24, 2.45) is 0 Å². The summed E-state index contributed by atoms with van der Waals surface area (Å²) in [6.45, 7) is 4.56. The number of hydrogen-bond donors (Lipinski definition) is 0. The maximum atomic E-state index is 3.50. The van der Waals surface area contributed by atoms with Crippen LogP contribution in [0.2, 0.25) is 0 Å². The standard InChI is InChI=1S/C11H14BrN/c1-11(2)7-8-6-9(12)4-5-10(8)13(11)3/h4-6H,7H2,1-3H3. The Hall–Kier alpha value is -0.500. The Balaban J connectivity index is 2.50. The smallest absolute Gasteiger partial charge is 0.0402 e. The van der Waals surface area contributed by atoms with Gasteiger partial charge in [-0.1, -0.05) is 15.9 Å². The molecule has 0 aliphatic carbocycles. The molecule has 1 aliphatic rings. The third-order valence-electron chi connectivity index (χ3n) is 2.93. The summed E-state index contributed by atoms with van der Waals surface area (Å²) in [6.07, 6.45) is 1.14. The highest BCUT2D eigenvalue weighted by molar-refractivity contribution is 9.10. The third kappa shape index (κ3) is 1.37. The lowest BCUT2D eigenvalue weighted by atomic mass is 10.00. The van der Waals surface area contributed by atoms with Gasteiger partial charge in [0.2, 0.25) is 0 Å². The van der Waals surface area contributed by atoms with Gasteiger partial charge >= 0.3 is 0 Å².